The van der Waals surface area contributed by atoms with Crippen LogP contribution in [0.1, 0.15) is 28.5 Å². The number of rotatable bonds is 7. The van der Waals surface area contributed by atoms with E-state index < -0.39 is 5.97 Å². The summed E-state index contributed by atoms with van der Waals surface area (Å²) >= 11 is 0. The lowest BCUT2D eigenvalue weighted by molar-refractivity contribution is -0.145. The van der Waals surface area contributed by atoms with E-state index in [1.807, 2.05) is 49.4 Å². The van der Waals surface area contributed by atoms with Gasteiger partial charge < -0.3 is 9.47 Å². The number of aromatic nitrogens is 3. The molecular weight excluding hydrogens is 394 g/mol. The first-order valence-corrected chi connectivity index (χ1v) is 9.91. The van der Waals surface area contributed by atoms with E-state index in [9.17, 15) is 9.59 Å². The SMILES string of the molecule is CCOC(=O)COc1ccc(C)cc1C(=O)c1ccn2nc(-c3ccccc3)cc2n1. The summed E-state index contributed by atoms with van der Waals surface area (Å²) in [6.07, 6.45) is 1.71. The third-order valence-corrected chi connectivity index (χ3v) is 4.66. The van der Waals surface area contributed by atoms with Gasteiger partial charge in [-0.15, -0.1) is 0 Å². The second-order valence-corrected chi connectivity index (χ2v) is 6.93. The molecule has 0 aliphatic heterocycles. The first-order valence-electron chi connectivity index (χ1n) is 9.91. The zero-order valence-electron chi connectivity index (χ0n) is 17.2. The molecule has 4 rings (SSSR count). The molecule has 0 saturated heterocycles. The number of aryl methyl sites for hydroxylation is 1. The first kappa shape index (κ1) is 20.3. The third kappa shape index (κ3) is 4.45. The van der Waals surface area contributed by atoms with Crippen LogP contribution in [-0.2, 0) is 9.53 Å². The topological polar surface area (TPSA) is 82.8 Å². The van der Waals surface area contributed by atoms with Gasteiger partial charge in [-0.05, 0) is 32.0 Å². The Kier molecular flexibility index (Phi) is 5.75. The molecule has 0 aliphatic rings. The Labute approximate surface area is 179 Å². The van der Waals surface area contributed by atoms with Gasteiger partial charge in [-0.3, -0.25) is 4.79 Å². The van der Waals surface area contributed by atoms with Crippen LogP contribution in [0.5, 0.6) is 5.75 Å². The van der Waals surface area contributed by atoms with Gasteiger partial charge in [-0.1, -0.05) is 42.0 Å². The molecule has 0 N–H and O–H groups in total. The number of benzene rings is 2. The van der Waals surface area contributed by atoms with Crippen molar-refractivity contribution in [3.63, 3.8) is 0 Å². The largest absolute Gasteiger partial charge is 0.481 e. The molecule has 0 aliphatic carbocycles. The van der Waals surface area contributed by atoms with Crippen molar-refractivity contribution < 1.29 is 19.1 Å². The second-order valence-electron chi connectivity index (χ2n) is 6.93. The van der Waals surface area contributed by atoms with Crippen LogP contribution in [0.2, 0.25) is 0 Å². The van der Waals surface area contributed by atoms with E-state index in [4.69, 9.17) is 9.47 Å². The van der Waals surface area contributed by atoms with Crippen LogP contribution in [0.3, 0.4) is 0 Å². The Bertz CT molecular complexity index is 1250. The maximum Gasteiger partial charge on any atom is 0.344 e. The highest BCUT2D eigenvalue weighted by atomic mass is 16.6. The third-order valence-electron chi connectivity index (χ3n) is 4.66. The van der Waals surface area contributed by atoms with E-state index in [0.717, 1.165) is 16.8 Å². The monoisotopic (exact) mass is 415 g/mol. The highest BCUT2D eigenvalue weighted by molar-refractivity contribution is 6.09. The van der Waals surface area contributed by atoms with Crippen LogP contribution < -0.4 is 4.74 Å². The number of ether oxygens (including phenoxy) is 2. The van der Waals surface area contributed by atoms with Gasteiger partial charge in [-0.25, -0.2) is 14.3 Å². The van der Waals surface area contributed by atoms with Gasteiger partial charge in [0.05, 0.1) is 17.9 Å². The lowest BCUT2D eigenvalue weighted by atomic mass is 10.0. The first-order chi connectivity index (χ1) is 15.0. The highest BCUT2D eigenvalue weighted by Crippen LogP contribution is 2.24. The molecule has 0 amide bonds. The Morgan fingerprint density at radius 1 is 1.03 bits per heavy atom. The molecule has 7 nitrogen and oxygen atoms in total. The van der Waals surface area contributed by atoms with Crippen molar-refractivity contribution in [2.45, 2.75) is 13.8 Å². The summed E-state index contributed by atoms with van der Waals surface area (Å²) in [5.41, 5.74) is 3.79. The Morgan fingerprint density at radius 2 is 1.84 bits per heavy atom. The zero-order chi connectivity index (χ0) is 21.8. The molecule has 2 aromatic carbocycles. The van der Waals surface area contributed by atoms with Crippen LogP contribution in [0, 0.1) is 6.92 Å². The number of carbonyl (C=O) groups excluding carboxylic acids is 2. The van der Waals surface area contributed by atoms with Crippen molar-refractivity contribution in [2.24, 2.45) is 0 Å². The smallest absolute Gasteiger partial charge is 0.344 e. The molecule has 0 fully saturated rings. The molecule has 7 heteroatoms. The maximum atomic E-state index is 13.2. The molecule has 156 valence electrons. The van der Waals surface area contributed by atoms with E-state index in [1.165, 1.54) is 0 Å². The summed E-state index contributed by atoms with van der Waals surface area (Å²) in [7, 11) is 0. The molecule has 4 aromatic rings. The fourth-order valence-corrected chi connectivity index (χ4v) is 3.18. The number of esters is 1. The molecule has 0 saturated carbocycles. The second kappa shape index (κ2) is 8.79. The molecular formula is C24H21N3O4. The van der Waals surface area contributed by atoms with Crippen LogP contribution in [-0.4, -0.2) is 39.6 Å². The van der Waals surface area contributed by atoms with Crippen LogP contribution in [0.25, 0.3) is 16.9 Å². The van der Waals surface area contributed by atoms with E-state index in [-0.39, 0.29) is 24.7 Å². The fourth-order valence-electron chi connectivity index (χ4n) is 3.18. The summed E-state index contributed by atoms with van der Waals surface area (Å²) in [6.45, 7) is 3.60. The van der Waals surface area contributed by atoms with Crippen LogP contribution in [0.4, 0.5) is 0 Å². The van der Waals surface area contributed by atoms with E-state index in [1.54, 1.807) is 35.8 Å². The predicted octanol–water partition coefficient (Wildman–Crippen LogP) is 3.88. The number of hydrogen-bond donors (Lipinski definition) is 0. The molecule has 0 spiro atoms. The summed E-state index contributed by atoms with van der Waals surface area (Å²) in [5.74, 6) is -0.481. The standard InChI is InChI=1S/C24H21N3O4/c1-3-30-23(28)15-31-21-10-9-16(2)13-18(21)24(29)19-11-12-27-22(25-19)14-20(26-27)17-7-5-4-6-8-17/h4-14H,3,15H2,1-2H3. The van der Waals surface area contributed by atoms with Gasteiger partial charge in [-0.2, -0.15) is 5.10 Å². The van der Waals surface area contributed by atoms with Crippen LogP contribution in [0.15, 0.2) is 66.9 Å². The van der Waals surface area contributed by atoms with Crippen molar-refractivity contribution in [1.29, 1.82) is 0 Å². The van der Waals surface area contributed by atoms with Gasteiger partial charge >= 0.3 is 5.97 Å². The van der Waals surface area contributed by atoms with E-state index >= 15 is 0 Å². The number of fused-ring (bicyclic) bond motifs is 1. The normalized spacial score (nSPS) is 10.8. The summed E-state index contributed by atoms with van der Waals surface area (Å²) < 4.78 is 12.1. The molecule has 2 aromatic heterocycles. The maximum absolute atomic E-state index is 13.2. The van der Waals surface area contributed by atoms with E-state index in [2.05, 4.69) is 10.1 Å². The van der Waals surface area contributed by atoms with Crippen molar-refractivity contribution in [3.8, 4) is 17.0 Å². The Morgan fingerprint density at radius 3 is 2.61 bits per heavy atom. The van der Waals surface area contributed by atoms with Gasteiger partial charge in [0.25, 0.3) is 0 Å². The van der Waals surface area contributed by atoms with Crippen molar-refractivity contribution >= 4 is 17.4 Å². The molecule has 0 unspecified atom stereocenters. The molecule has 0 atom stereocenters. The average molecular weight is 415 g/mol. The Balaban J connectivity index is 1.64. The quantitative estimate of drug-likeness (QED) is 0.337. The number of hydrogen-bond acceptors (Lipinski definition) is 6. The summed E-state index contributed by atoms with van der Waals surface area (Å²) in [5, 5.41) is 4.52. The van der Waals surface area contributed by atoms with Crippen molar-refractivity contribution in [3.05, 3.63) is 83.7 Å². The van der Waals surface area contributed by atoms with Gasteiger partial charge in [0, 0.05) is 17.8 Å². The minimum absolute atomic E-state index is 0.263. The minimum atomic E-state index is -0.492. The molecule has 31 heavy (non-hydrogen) atoms. The van der Waals surface area contributed by atoms with Gasteiger partial charge in [0.15, 0.2) is 12.3 Å². The lowest BCUT2D eigenvalue weighted by Gasteiger charge is -2.11. The fraction of sp³-hybridized carbons (Fsp3) is 0.167. The summed E-state index contributed by atoms with van der Waals surface area (Å²) in [6, 6.07) is 18.4. The zero-order valence-corrected chi connectivity index (χ0v) is 17.2. The van der Waals surface area contributed by atoms with Crippen LogP contribution >= 0.6 is 0 Å². The molecule has 0 bridgehead atoms. The summed E-state index contributed by atoms with van der Waals surface area (Å²) in [4.78, 5) is 29.4. The molecule has 0 radical (unpaired) electrons. The van der Waals surface area contributed by atoms with Gasteiger partial charge in [0.2, 0.25) is 5.78 Å². The predicted molar refractivity (Wildman–Crippen MR) is 115 cm³/mol. The van der Waals surface area contributed by atoms with Gasteiger partial charge in [0.1, 0.15) is 11.4 Å². The minimum Gasteiger partial charge on any atom is -0.481 e. The number of nitrogens with zero attached hydrogens (tertiary/aromatic N) is 3. The number of carbonyl (C=O) groups is 2. The van der Waals surface area contributed by atoms with E-state index in [0.29, 0.717) is 17.0 Å². The van der Waals surface area contributed by atoms with Crippen molar-refractivity contribution in [1.82, 2.24) is 14.6 Å². The number of ketones is 1. The molecule has 2 heterocycles. The lowest BCUT2D eigenvalue weighted by Crippen LogP contribution is -2.16. The Hall–Kier alpha value is -4.00. The highest BCUT2D eigenvalue weighted by Gasteiger charge is 2.18. The average Bonchev–Trinajstić information content (AvgIpc) is 3.22. The van der Waals surface area contributed by atoms with Crippen molar-refractivity contribution in [2.75, 3.05) is 13.2 Å².